The number of primary amides is 1. The third kappa shape index (κ3) is 7.60. The summed E-state index contributed by atoms with van der Waals surface area (Å²) in [6, 6.07) is 8.14. The molecule has 140 valence electrons. The number of hydrogen-bond acceptors (Lipinski definition) is 3. The van der Waals surface area contributed by atoms with Gasteiger partial charge in [-0.25, -0.2) is 0 Å². The molecule has 1 aromatic carbocycles. The summed E-state index contributed by atoms with van der Waals surface area (Å²) in [6.07, 6.45) is 0.625. The van der Waals surface area contributed by atoms with E-state index in [1.165, 1.54) is 11.1 Å². The third-order valence-electron chi connectivity index (χ3n) is 3.76. The van der Waals surface area contributed by atoms with Crippen molar-refractivity contribution < 1.29 is 9.53 Å². The standard InChI is InChI=1S/C18H29NO2.C3H5N/c1-16(2,3)12-9-13(17(4,5)6)11-14(10-12)21-18(7,8)15(19)20;1-2-3-4/h9-11H,1-8H3,(H2,19,20);2H2,1H3. The van der Waals surface area contributed by atoms with Crippen molar-refractivity contribution in [1.29, 1.82) is 5.26 Å². The van der Waals surface area contributed by atoms with Gasteiger partial charge in [-0.1, -0.05) is 54.5 Å². The molecule has 1 amide bonds. The van der Waals surface area contributed by atoms with Crippen LogP contribution in [0.2, 0.25) is 0 Å². The molecule has 0 unspecified atom stereocenters. The molecular weight excluding hydrogens is 312 g/mol. The van der Waals surface area contributed by atoms with Gasteiger partial charge in [0.15, 0.2) is 5.60 Å². The molecule has 4 heteroatoms. The highest BCUT2D eigenvalue weighted by molar-refractivity contribution is 5.82. The van der Waals surface area contributed by atoms with Crippen LogP contribution in [0.1, 0.15) is 79.9 Å². The van der Waals surface area contributed by atoms with Gasteiger partial charge < -0.3 is 10.5 Å². The van der Waals surface area contributed by atoms with E-state index in [1.807, 2.05) is 25.1 Å². The number of carbonyl (C=O) groups excluding carboxylic acids is 1. The highest BCUT2D eigenvalue weighted by atomic mass is 16.5. The SMILES string of the molecule is CC(C)(Oc1cc(C(C)(C)C)cc(C(C)(C)C)c1)C(N)=O.CCC#N. The maximum Gasteiger partial charge on any atom is 0.261 e. The van der Waals surface area contributed by atoms with E-state index >= 15 is 0 Å². The van der Waals surface area contributed by atoms with Crippen LogP contribution in [-0.2, 0) is 15.6 Å². The quantitative estimate of drug-likeness (QED) is 0.850. The lowest BCUT2D eigenvalue weighted by Gasteiger charge is -2.28. The zero-order valence-corrected chi connectivity index (χ0v) is 17.3. The maximum absolute atomic E-state index is 11.5. The Kier molecular flexibility index (Phi) is 7.70. The number of nitrogens with two attached hydrogens (primary N) is 1. The van der Waals surface area contributed by atoms with Crippen molar-refractivity contribution in [3.8, 4) is 11.8 Å². The lowest BCUT2D eigenvalue weighted by atomic mass is 9.80. The maximum atomic E-state index is 11.5. The second kappa shape index (κ2) is 8.38. The number of carbonyl (C=O) groups is 1. The highest BCUT2D eigenvalue weighted by Crippen LogP contribution is 2.34. The first-order valence-electron chi connectivity index (χ1n) is 8.67. The lowest BCUT2D eigenvalue weighted by Crippen LogP contribution is -2.43. The Bertz CT molecular complexity index is 595. The first-order valence-corrected chi connectivity index (χ1v) is 8.67. The lowest BCUT2D eigenvalue weighted by molar-refractivity contribution is -0.130. The molecule has 0 aliphatic heterocycles. The van der Waals surface area contributed by atoms with Gasteiger partial charge in [0.25, 0.3) is 5.91 Å². The number of benzene rings is 1. The Labute approximate surface area is 153 Å². The summed E-state index contributed by atoms with van der Waals surface area (Å²) in [4.78, 5) is 11.5. The molecule has 0 aromatic heterocycles. The predicted octanol–water partition coefficient (Wildman–Crippen LogP) is 4.84. The molecule has 0 atom stereocenters. The van der Waals surface area contributed by atoms with E-state index in [1.54, 1.807) is 13.8 Å². The normalized spacial score (nSPS) is 11.8. The molecular formula is C21H34N2O2. The molecule has 0 saturated carbocycles. The van der Waals surface area contributed by atoms with Gasteiger partial charge >= 0.3 is 0 Å². The van der Waals surface area contributed by atoms with Gasteiger partial charge in [0, 0.05) is 6.42 Å². The molecule has 0 heterocycles. The van der Waals surface area contributed by atoms with Crippen molar-refractivity contribution in [2.24, 2.45) is 5.73 Å². The highest BCUT2D eigenvalue weighted by Gasteiger charge is 2.28. The number of nitriles is 1. The molecule has 25 heavy (non-hydrogen) atoms. The van der Waals surface area contributed by atoms with E-state index in [9.17, 15) is 4.79 Å². The fourth-order valence-corrected chi connectivity index (χ4v) is 1.87. The van der Waals surface area contributed by atoms with Gasteiger partial charge in [-0.05, 0) is 47.9 Å². The van der Waals surface area contributed by atoms with Crippen molar-refractivity contribution >= 4 is 5.91 Å². The molecule has 1 rings (SSSR count). The number of amides is 1. The Hall–Kier alpha value is -2.02. The fourth-order valence-electron chi connectivity index (χ4n) is 1.87. The summed E-state index contributed by atoms with van der Waals surface area (Å²) in [7, 11) is 0. The minimum Gasteiger partial charge on any atom is -0.478 e. The summed E-state index contributed by atoms with van der Waals surface area (Å²) in [5.74, 6) is 0.220. The number of hydrogen-bond donors (Lipinski definition) is 1. The molecule has 0 saturated heterocycles. The molecule has 0 spiro atoms. The Morgan fingerprint density at radius 3 is 1.60 bits per heavy atom. The summed E-state index contributed by atoms with van der Waals surface area (Å²) >= 11 is 0. The number of rotatable bonds is 3. The van der Waals surface area contributed by atoms with Crippen LogP contribution in [0.4, 0.5) is 0 Å². The number of nitrogens with zero attached hydrogens (tertiary/aromatic N) is 1. The van der Waals surface area contributed by atoms with Gasteiger partial charge in [-0.3, -0.25) is 4.79 Å². The number of ether oxygens (including phenoxy) is 1. The minimum atomic E-state index is -1.02. The first-order chi connectivity index (χ1) is 11.1. The van der Waals surface area contributed by atoms with Crippen molar-refractivity contribution in [2.75, 3.05) is 0 Å². The zero-order chi connectivity index (χ0) is 20.1. The second-order valence-electron chi connectivity index (χ2n) is 8.73. The average Bonchev–Trinajstić information content (AvgIpc) is 2.44. The van der Waals surface area contributed by atoms with E-state index < -0.39 is 11.5 Å². The van der Waals surface area contributed by atoms with Gasteiger partial charge in [0.2, 0.25) is 0 Å². The summed E-state index contributed by atoms with van der Waals surface area (Å²) < 4.78 is 5.86. The first kappa shape index (κ1) is 23.0. The van der Waals surface area contributed by atoms with Crippen molar-refractivity contribution in [1.82, 2.24) is 0 Å². The van der Waals surface area contributed by atoms with Crippen molar-refractivity contribution in [3.63, 3.8) is 0 Å². The molecule has 0 fully saturated rings. The Morgan fingerprint density at radius 1 is 1.00 bits per heavy atom. The zero-order valence-electron chi connectivity index (χ0n) is 17.3. The molecule has 2 N–H and O–H groups in total. The molecule has 0 aliphatic rings. The van der Waals surface area contributed by atoms with Gasteiger partial charge in [-0.15, -0.1) is 0 Å². The van der Waals surface area contributed by atoms with Gasteiger partial charge in [0.1, 0.15) is 5.75 Å². The van der Waals surface area contributed by atoms with Crippen LogP contribution in [-0.4, -0.2) is 11.5 Å². The third-order valence-corrected chi connectivity index (χ3v) is 3.76. The fraction of sp³-hybridized carbons (Fsp3) is 0.619. The molecule has 0 bridgehead atoms. The monoisotopic (exact) mass is 346 g/mol. The molecule has 1 aromatic rings. The molecule has 0 aliphatic carbocycles. The van der Waals surface area contributed by atoms with Crippen LogP contribution in [0.5, 0.6) is 5.75 Å². The summed E-state index contributed by atoms with van der Waals surface area (Å²) in [6.45, 7) is 18.2. The van der Waals surface area contributed by atoms with E-state index in [4.69, 9.17) is 15.7 Å². The van der Waals surface area contributed by atoms with Crippen LogP contribution in [0, 0.1) is 11.3 Å². The van der Waals surface area contributed by atoms with E-state index in [0.29, 0.717) is 12.2 Å². The van der Waals surface area contributed by atoms with E-state index in [2.05, 4.69) is 47.6 Å². The van der Waals surface area contributed by atoms with Crippen LogP contribution < -0.4 is 10.5 Å². The average molecular weight is 347 g/mol. The van der Waals surface area contributed by atoms with E-state index in [0.717, 1.165) is 0 Å². The van der Waals surface area contributed by atoms with Gasteiger partial charge in [0.05, 0.1) is 6.07 Å². The Balaban J connectivity index is 0.00000129. The summed E-state index contributed by atoms with van der Waals surface area (Å²) in [5, 5.41) is 7.62. The smallest absolute Gasteiger partial charge is 0.261 e. The minimum absolute atomic E-state index is 0.0102. The van der Waals surface area contributed by atoms with Crippen molar-refractivity contribution in [2.45, 2.75) is 85.2 Å². The van der Waals surface area contributed by atoms with Crippen LogP contribution in [0.15, 0.2) is 18.2 Å². The van der Waals surface area contributed by atoms with Crippen molar-refractivity contribution in [3.05, 3.63) is 29.3 Å². The Morgan fingerprint density at radius 2 is 1.36 bits per heavy atom. The van der Waals surface area contributed by atoms with Crippen LogP contribution >= 0.6 is 0 Å². The topological polar surface area (TPSA) is 76.1 Å². The van der Waals surface area contributed by atoms with E-state index in [-0.39, 0.29) is 10.8 Å². The summed E-state index contributed by atoms with van der Waals surface area (Å²) in [5.41, 5.74) is 6.77. The predicted molar refractivity (Wildman–Crippen MR) is 104 cm³/mol. The molecule has 0 radical (unpaired) electrons. The van der Waals surface area contributed by atoms with Crippen LogP contribution in [0.25, 0.3) is 0 Å². The van der Waals surface area contributed by atoms with Gasteiger partial charge in [-0.2, -0.15) is 5.26 Å². The molecule has 4 nitrogen and oxygen atoms in total. The largest absolute Gasteiger partial charge is 0.478 e. The van der Waals surface area contributed by atoms with Crippen LogP contribution in [0.3, 0.4) is 0 Å². The second-order valence-corrected chi connectivity index (χ2v) is 8.73.